The van der Waals surface area contributed by atoms with Crippen molar-refractivity contribution < 1.29 is 31.9 Å². The van der Waals surface area contributed by atoms with E-state index in [1.807, 2.05) is 0 Å². The average molecular weight is 365 g/mol. The fourth-order valence-corrected chi connectivity index (χ4v) is 3.64. The third kappa shape index (κ3) is 4.19. The van der Waals surface area contributed by atoms with Crippen LogP contribution >= 0.6 is 11.8 Å². The fraction of sp³-hybridized carbons (Fsp3) is 0.467. The number of benzene rings is 1. The highest BCUT2D eigenvalue weighted by molar-refractivity contribution is 8.00. The van der Waals surface area contributed by atoms with Crippen LogP contribution in [0, 0.1) is 5.82 Å². The number of ether oxygens (including phenoxy) is 1. The summed E-state index contributed by atoms with van der Waals surface area (Å²) < 4.78 is 57.7. The van der Waals surface area contributed by atoms with E-state index in [1.165, 1.54) is 0 Å². The molecule has 0 spiro atoms. The maximum atomic E-state index is 13.5. The van der Waals surface area contributed by atoms with Crippen molar-refractivity contribution >= 4 is 23.6 Å². The van der Waals surface area contributed by atoms with Crippen molar-refractivity contribution in [1.29, 1.82) is 0 Å². The van der Waals surface area contributed by atoms with Crippen LogP contribution in [0.25, 0.3) is 0 Å². The van der Waals surface area contributed by atoms with Crippen LogP contribution in [0.4, 0.5) is 17.6 Å². The highest BCUT2D eigenvalue weighted by atomic mass is 32.2. The van der Waals surface area contributed by atoms with Crippen LogP contribution in [0.3, 0.4) is 0 Å². The lowest BCUT2D eigenvalue weighted by Gasteiger charge is -2.26. The lowest BCUT2D eigenvalue weighted by atomic mass is 10.1. The molecule has 0 saturated carbocycles. The molecule has 1 atom stereocenters. The average Bonchev–Trinajstić information content (AvgIpc) is 2.85. The number of halogens is 4. The maximum Gasteiger partial charge on any atom is 0.416 e. The number of carbonyl (C=O) groups is 2. The highest BCUT2D eigenvalue weighted by Gasteiger charge is 2.40. The Hall–Kier alpha value is -1.77. The van der Waals surface area contributed by atoms with Gasteiger partial charge in [0.25, 0.3) is 0 Å². The molecule has 0 bridgehead atoms. The summed E-state index contributed by atoms with van der Waals surface area (Å²) in [5, 5.41) is -0.987. The molecule has 4 nitrogen and oxygen atoms in total. The molecule has 0 radical (unpaired) electrons. The van der Waals surface area contributed by atoms with Crippen molar-refractivity contribution in [1.82, 2.24) is 4.90 Å². The molecule has 1 amide bonds. The van der Waals surface area contributed by atoms with Crippen LogP contribution in [0.1, 0.15) is 29.8 Å². The Morgan fingerprint density at radius 3 is 2.75 bits per heavy atom. The summed E-state index contributed by atoms with van der Waals surface area (Å²) in [7, 11) is 0. The van der Waals surface area contributed by atoms with Crippen molar-refractivity contribution in [3.63, 3.8) is 0 Å². The fourth-order valence-electron chi connectivity index (χ4n) is 2.39. The number of hydrogen-bond acceptors (Lipinski definition) is 4. The van der Waals surface area contributed by atoms with Crippen LogP contribution in [0.15, 0.2) is 18.2 Å². The van der Waals surface area contributed by atoms with Gasteiger partial charge in [-0.1, -0.05) is 0 Å². The molecular weight excluding hydrogens is 350 g/mol. The van der Waals surface area contributed by atoms with Gasteiger partial charge in [-0.3, -0.25) is 9.59 Å². The van der Waals surface area contributed by atoms with Gasteiger partial charge in [-0.05, 0) is 30.7 Å². The Balaban J connectivity index is 2.28. The van der Waals surface area contributed by atoms with E-state index >= 15 is 0 Å². The Morgan fingerprint density at radius 1 is 1.42 bits per heavy atom. The van der Waals surface area contributed by atoms with Crippen LogP contribution < -0.4 is 0 Å². The Morgan fingerprint density at radius 2 is 2.12 bits per heavy atom. The van der Waals surface area contributed by atoms with E-state index in [-0.39, 0.29) is 30.9 Å². The lowest BCUT2D eigenvalue weighted by Crippen LogP contribution is -2.31. The van der Waals surface area contributed by atoms with Gasteiger partial charge in [0.1, 0.15) is 11.2 Å². The first-order valence-corrected chi connectivity index (χ1v) is 8.22. The second-order valence-corrected chi connectivity index (χ2v) is 6.10. The number of alkyl halides is 3. The van der Waals surface area contributed by atoms with E-state index in [0.717, 1.165) is 28.8 Å². The predicted octanol–water partition coefficient (Wildman–Crippen LogP) is 3.37. The van der Waals surface area contributed by atoms with Gasteiger partial charge < -0.3 is 9.64 Å². The number of carbonyl (C=O) groups excluding carboxylic acids is 2. The summed E-state index contributed by atoms with van der Waals surface area (Å²) in [5.41, 5.74) is -1.31. The van der Waals surface area contributed by atoms with Crippen molar-refractivity contribution in [2.24, 2.45) is 0 Å². The quantitative estimate of drug-likeness (QED) is 0.593. The van der Waals surface area contributed by atoms with Gasteiger partial charge in [0.15, 0.2) is 0 Å². The normalized spacial score (nSPS) is 18.1. The molecule has 1 saturated heterocycles. The summed E-state index contributed by atoms with van der Waals surface area (Å²) in [5.74, 6) is -1.78. The molecule has 1 unspecified atom stereocenters. The molecule has 9 heteroatoms. The summed E-state index contributed by atoms with van der Waals surface area (Å²) in [6.45, 7) is 1.72. The molecule has 0 N–H and O–H groups in total. The molecule has 1 aliphatic rings. The molecule has 24 heavy (non-hydrogen) atoms. The molecule has 0 aliphatic carbocycles. The van der Waals surface area contributed by atoms with Gasteiger partial charge in [0.2, 0.25) is 5.91 Å². The number of rotatable bonds is 5. The first-order valence-electron chi connectivity index (χ1n) is 7.17. The van der Waals surface area contributed by atoms with Gasteiger partial charge in [0.05, 0.1) is 24.3 Å². The van der Waals surface area contributed by atoms with Gasteiger partial charge in [-0.2, -0.15) is 13.2 Å². The molecule has 132 valence electrons. The maximum absolute atomic E-state index is 13.5. The first kappa shape index (κ1) is 18.6. The van der Waals surface area contributed by atoms with Crippen molar-refractivity contribution in [3.05, 3.63) is 35.1 Å². The third-order valence-corrected chi connectivity index (χ3v) is 4.65. The zero-order valence-electron chi connectivity index (χ0n) is 12.7. The number of esters is 1. The van der Waals surface area contributed by atoms with E-state index in [0.29, 0.717) is 6.07 Å². The van der Waals surface area contributed by atoms with Crippen LogP contribution in [-0.4, -0.2) is 35.7 Å². The molecule has 0 aromatic heterocycles. The summed E-state index contributed by atoms with van der Waals surface area (Å²) >= 11 is 0.973. The molecule has 1 heterocycles. The summed E-state index contributed by atoms with van der Waals surface area (Å²) in [4.78, 5) is 24.5. The highest BCUT2D eigenvalue weighted by Crippen LogP contribution is 2.44. The van der Waals surface area contributed by atoms with E-state index in [1.54, 1.807) is 6.92 Å². The predicted molar refractivity (Wildman–Crippen MR) is 79.6 cm³/mol. The molecule has 2 rings (SSSR count). The molecule has 1 fully saturated rings. The monoisotopic (exact) mass is 365 g/mol. The number of thioether (sulfide) groups is 1. The second kappa shape index (κ2) is 7.42. The summed E-state index contributed by atoms with van der Waals surface area (Å²) in [6.07, 6.45) is -4.80. The van der Waals surface area contributed by atoms with Crippen molar-refractivity contribution in [3.8, 4) is 0 Å². The minimum atomic E-state index is -4.66. The Labute approximate surface area is 140 Å². The lowest BCUT2D eigenvalue weighted by molar-refractivity contribution is -0.144. The summed E-state index contributed by atoms with van der Waals surface area (Å²) in [6, 6.07) is 2.19. The van der Waals surface area contributed by atoms with Gasteiger partial charge in [-0.15, -0.1) is 11.8 Å². The van der Waals surface area contributed by atoms with E-state index in [9.17, 15) is 27.2 Å². The second-order valence-electron chi connectivity index (χ2n) is 5.03. The smallest absolute Gasteiger partial charge is 0.416 e. The van der Waals surface area contributed by atoms with Gasteiger partial charge in [-0.25, -0.2) is 4.39 Å². The van der Waals surface area contributed by atoms with Gasteiger partial charge in [0, 0.05) is 6.54 Å². The van der Waals surface area contributed by atoms with E-state index < -0.39 is 34.8 Å². The third-order valence-electron chi connectivity index (χ3n) is 3.42. The minimum Gasteiger partial charge on any atom is -0.466 e. The Bertz CT molecular complexity index is 636. The number of amides is 1. The minimum absolute atomic E-state index is 0.0265. The zero-order valence-corrected chi connectivity index (χ0v) is 13.5. The molecule has 1 aliphatic heterocycles. The van der Waals surface area contributed by atoms with Gasteiger partial charge >= 0.3 is 12.1 Å². The number of hydrogen-bond donors (Lipinski definition) is 0. The van der Waals surface area contributed by atoms with Crippen molar-refractivity contribution in [2.45, 2.75) is 24.9 Å². The zero-order chi connectivity index (χ0) is 17.9. The molecule has 1 aromatic carbocycles. The van der Waals surface area contributed by atoms with Crippen molar-refractivity contribution in [2.75, 3.05) is 18.9 Å². The standard InChI is InChI=1S/C15H15F4NO3S/c1-2-23-13(22)5-6-20-12(21)8-24-14(20)10-7-9(16)3-4-11(10)15(17,18)19/h3-4,7,14H,2,5-6,8H2,1H3. The Kier molecular flexibility index (Phi) is 5.74. The topological polar surface area (TPSA) is 46.6 Å². The molecule has 1 aromatic rings. The molecular formula is C15H15F4NO3S. The van der Waals surface area contributed by atoms with E-state index in [2.05, 4.69) is 0 Å². The van der Waals surface area contributed by atoms with E-state index in [4.69, 9.17) is 4.74 Å². The van der Waals surface area contributed by atoms with Crippen LogP contribution in [-0.2, 0) is 20.5 Å². The largest absolute Gasteiger partial charge is 0.466 e. The number of nitrogens with zero attached hydrogens (tertiary/aromatic N) is 1. The van der Waals surface area contributed by atoms with Crippen LogP contribution in [0.5, 0.6) is 0 Å². The SMILES string of the molecule is CCOC(=O)CCN1C(=O)CSC1c1cc(F)ccc1C(F)(F)F. The first-order chi connectivity index (χ1) is 11.2. The van der Waals surface area contributed by atoms with Crippen LogP contribution in [0.2, 0.25) is 0 Å².